The van der Waals surface area contributed by atoms with E-state index in [1.165, 1.54) is 32.1 Å². The zero-order chi connectivity index (χ0) is 18.8. The van der Waals surface area contributed by atoms with E-state index in [1.807, 2.05) is 42.7 Å². The fourth-order valence-corrected chi connectivity index (χ4v) is 4.12. The number of ether oxygens (including phenoxy) is 1. The lowest BCUT2D eigenvalue weighted by Gasteiger charge is -2.21. The van der Waals surface area contributed by atoms with Crippen molar-refractivity contribution in [2.75, 3.05) is 11.9 Å². The molecule has 0 spiro atoms. The van der Waals surface area contributed by atoms with Gasteiger partial charge in [0.1, 0.15) is 5.75 Å². The summed E-state index contributed by atoms with van der Waals surface area (Å²) in [6, 6.07) is 14.3. The van der Waals surface area contributed by atoms with Crippen LogP contribution in [-0.2, 0) is 0 Å². The van der Waals surface area contributed by atoms with Gasteiger partial charge < -0.3 is 10.1 Å². The fraction of sp³-hybridized carbons (Fsp3) is 0.304. The summed E-state index contributed by atoms with van der Waals surface area (Å²) in [5.74, 6) is 1.65. The zero-order valence-electron chi connectivity index (χ0n) is 16.2. The number of fused-ring (bicyclic) bond motifs is 3. The standard InChI is InChI=1S/C23H24N4O.ClH/c1-2-4-16(5-3-1)15-28-19-9-7-18(8-10-19)26-21-12-13-24-20-11-6-17-14-25-27-23(17)22(20)21;/h6-14,16H,1-5,15H2,(H,24,26)(H,25,27);1H. The van der Waals surface area contributed by atoms with Gasteiger partial charge in [0, 0.05) is 22.7 Å². The van der Waals surface area contributed by atoms with E-state index in [0.717, 1.165) is 45.5 Å². The first-order valence-corrected chi connectivity index (χ1v) is 10.1. The number of anilines is 2. The molecule has 5 rings (SSSR count). The summed E-state index contributed by atoms with van der Waals surface area (Å²) >= 11 is 0. The van der Waals surface area contributed by atoms with E-state index in [4.69, 9.17) is 4.74 Å². The van der Waals surface area contributed by atoms with Gasteiger partial charge in [0.15, 0.2) is 0 Å². The Balaban J connectivity index is 0.00000205. The lowest BCUT2D eigenvalue weighted by molar-refractivity contribution is 0.209. The number of hydrogen-bond donors (Lipinski definition) is 2. The van der Waals surface area contributed by atoms with Crippen LogP contribution in [0.3, 0.4) is 0 Å². The number of pyridine rings is 1. The molecular formula is C23H25ClN4O. The molecule has 4 aromatic rings. The SMILES string of the molecule is Cl.c1cc(Nc2ccc(OCC3CCCCC3)cc2)c2c(ccc3cn[nH]c32)n1. The molecule has 1 aliphatic rings. The first-order chi connectivity index (χ1) is 13.9. The van der Waals surface area contributed by atoms with Crippen LogP contribution in [-0.4, -0.2) is 21.8 Å². The third-order valence-corrected chi connectivity index (χ3v) is 5.66. The predicted octanol–water partition coefficient (Wildman–Crippen LogP) is 6.24. The van der Waals surface area contributed by atoms with Gasteiger partial charge in [-0.1, -0.05) is 19.3 Å². The highest BCUT2D eigenvalue weighted by Crippen LogP contribution is 2.31. The molecule has 2 aromatic carbocycles. The van der Waals surface area contributed by atoms with Crippen molar-refractivity contribution in [1.29, 1.82) is 0 Å². The molecule has 1 aliphatic carbocycles. The monoisotopic (exact) mass is 408 g/mol. The van der Waals surface area contributed by atoms with Crippen LogP contribution in [0.1, 0.15) is 32.1 Å². The summed E-state index contributed by atoms with van der Waals surface area (Å²) in [4.78, 5) is 4.49. The van der Waals surface area contributed by atoms with Crippen molar-refractivity contribution >= 4 is 45.6 Å². The summed E-state index contributed by atoms with van der Waals surface area (Å²) in [5, 5.41) is 12.9. The molecule has 2 N–H and O–H groups in total. The maximum Gasteiger partial charge on any atom is 0.119 e. The van der Waals surface area contributed by atoms with Crippen LogP contribution in [0, 0.1) is 5.92 Å². The summed E-state index contributed by atoms with van der Waals surface area (Å²) < 4.78 is 6.02. The molecule has 6 heteroatoms. The van der Waals surface area contributed by atoms with Crippen LogP contribution in [0.25, 0.3) is 21.8 Å². The van der Waals surface area contributed by atoms with Crippen LogP contribution < -0.4 is 10.1 Å². The Morgan fingerprint density at radius 2 is 1.83 bits per heavy atom. The highest BCUT2D eigenvalue weighted by Gasteiger charge is 2.14. The highest BCUT2D eigenvalue weighted by atomic mass is 35.5. The Labute approximate surface area is 176 Å². The third-order valence-electron chi connectivity index (χ3n) is 5.66. The predicted molar refractivity (Wildman–Crippen MR) is 120 cm³/mol. The van der Waals surface area contributed by atoms with E-state index < -0.39 is 0 Å². The first-order valence-electron chi connectivity index (χ1n) is 10.1. The number of rotatable bonds is 5. The van der Waals surface area contributed by atoms with Crippen molar-refractivity contribution in [2.45, 2.75) is 32.1 Å². The molecule has 0 saturated heterocycles. The molecule has 0 unspecified atom stereocenters. The quantitative estimate of drug-likeness (QED) is 0.410. The van der Waals surface area contributed by atoms with Crippen molar-refractivity contribution in [1.82, 2.24) is 15.2 Å². The van der Waals surface area contributed by atoms with Crippen molar-refractivity contribution in [3.8, 4) is 5.75 Å². The summed E-state index contributed by atoms with van der Waals surface area (Å²) in [6.45, 7) is 0.833. The topological polar surface area (TPSA) is 62.8 Å². The van der Waals surface area contributed by atoms with Crippen molar-refractivity contribution in [3.63, 3.8) is 0 Å². The third kappa shape index (κ3) is 4.15. The summed E-state index contributed by atoms with van der Waals surface area (Å²) in [7, 11) is 0. The Morgan fingerprint density at radius 1 is 1.00 bits per heavy atom. The summed E-state index contributed by atoms with van der Waals surface area (Å²) in [6.07, 6.45) is 10.3. The molecule has 0 aliphatic heterocycles. The molecule has 5 nitrogen and oxygen atoms in total. The Hall–Kier alpha value is -2.79. The number of aromatic nitrogens is 3. The van der Waals surface area contributed by atoms with Gasteiger partial charge in [-0.2, -0.15) is 5.10 Å². The first kappa shape index (κ1) is 19.5. The van der Waals surface area contributed by atoms with Gasteiger partial charge in [0.05, 0.1) is 29.5 Å². The van der Waals surface area contributed by atoms with Gasteiger partial charge in [-0.15, -0.1) is 12.4 Å². The van der Waals surface area contributed by atoms with Gasteiger partial charge in [0.2, 0.25) is 0 Å². The van der Waals surface area contributed by atoms with Crippen LogP contribution in [0.5, 0.6) is 5.75 Å². The van der Waals surface area contributed by atoms with Gasteiger partial charge in [0.25, 0.3) is 0 Å². The molecule has 150 valence electrons. The maximum atomic E-state index is 6.02. The molecule has 29 heavy (non-hydrogen) atoms. The minimum Gasteiger partial charge on any atom is -0.493 e. The van der Waals surface area contributed by atoms with E-state index in [0.29, 0.717) is 5.92 Å². The van der Waals surface area contributed by atoms with Crippen molar-refractivity contribution in [2.24, 2.45) is 5.92 Å². The number of halogens is 1. The molecule has 0 atom stereocenters. The lowest BCUT2D eigenvalue weighted by atomic mass is 9.90. The smallest absolute Gasteiger partial charge is 0.119 e. The van der Waals surface area contributed by atoms with Crippen LogP contribution >= 0.6 is 12.4 Å². The number of hydrogen-bond acceptors (Lipinski definition) is 4. The lowest BCUT2D eigenvalue weighted by Crippen LogP contribution is -2.15. The molecule has 2 aromatic heterocycles. The van der Waals surface area contributed by atoms with Crippen molar-refractivity contribution < 1.29 is 4.74 Å². The van der Waals surface area contributed by atoms with Crippen LogP contribution in [0.4, 0.5) is 11.4 Å². The van der Waals surface area contributed by atoms with E-state index in [9.17, 15) is 0 Å². The number of nitrogens with zero attached hydrogens (tertiary/aromatic N) is 2. The molecule has 2 heterocycles. The molecule has 0 amide bonds. The number of aromatic amines is 1. The van der Waals surface area contributed by atoms with Gasteiger partial charge in [-0.25, -0.2) is 0 Å². The summed E-state index contributed by atoms with van der Waals surface area (Å²) in [5.41, 5.74) is 3.97. The fourth-order valence-electron chi connectivity index (χ4n) is 4.12. The van der Waals surface area contributed by atoms with Crippen LogP contribution in [0.2, 0.25) is 0 Å². The van der Waals surface area contributed by atoms with Crippen LogP contribution in [0.15, 0.2) is 54.9 Å². The van der Waals surface area contributed by atoms with E-state index in [-0.39, 0.29) is 12.4 Å². The average molecular weight is 409 g/mol. The normalized spacial score (nSPS) is 14.6. The van der Waals surface area contributed by atoms with Gasteiger partial charge in [-0.05, 0) is 61.2 Å². The Bertz CT molecular complexity index is 1090. The molecule has 0 radical (unpaired) electrons. The average Bonchev–Trinajstić information content (AvgIpc) is 3.23. The second kappa shape index (κ2) is 8.70. The number of nitrogens with one attached hydrogen (secondary N) is 2. The molecule has 1 saturated carbocycles. The Morgan fingerprint density at radius 3 is 2.66 bits per heavy atom. The molecule has 0 bridgehead atoms. The highest BCUT2D eigenvalue weighted by molar-refractivity contribution is 6.10. The largest absolute Gasteiger partial charge is 0.493 e. The van der Waals surface area contributed by atoms with Gasteiger partial charge >= 0.3 is 0 Å². The van der Waals surface area contributed by atoms with E-state index in [2.05, 4.69) is 32.6 Å². The number of benzene rings is 2. The van der Waals surface area contributed by atoms with E-state index in [1.54, 1.807) is 0 Å². The molecule has 1 fully saturated rings. The second-order valence-electron chi connectivity index (χ2n) is 7.62. The number of H-pyrrole nitrogens is 1. The zero-order valence-corrected chi connectivity index (χ0v) is 17.0. The van der Waals surface area contributed by atoms with Gasteiger partial charge in [-0.3, -0.25) is 10.1 Å². The minimum absolute atomic E-state index is 0. The van der Waals surface area contributed by atoms with E-state index >= 15 is 0 Å². The van der Waals surface area contributed by atoms with Crippen molar-refractivity contribution in [3.05, 3.63) is 54.9 Å². The minimum atomic E-state index is 0. The maximum absolute atomic E-state index is 6.02. The second-order valence-corrected chi connectivity index (χ2v) is 7.62. The molecular weight excluding hydrogens is 384 g/mol. The Kier molecular flexibility index (Phi) is 5.86.